The number of ether oxygens (including phenoxy) is 2. The van der Waals surface area contributed by atoms with Crippen molar-refractivity contribution in [2.45, 2.75) is 18.4 Å². The topological polar surface area (TPSA) is 94.9 Å². The van der Waals surface area contributed by atoms with Gasteiger partial charge < -0.3 is 14.4 Å². The molecular weight excluding hydrogens is 547 g/mol. The summed E-state index contributed by atoms with van der Waals surface area (Å²) >= 11 is 0. The Morgan fingerprint density at radius 3 is 2.27 bits per heavy atom. The van der Waals surface area contributed by atoms with Crippen molar-refractivity contribution in [2.24, 2.45) is 0 Å². The highest BCUT2D eigenvalue weighted by Gasteiger charge is 2.39. The molecule has 1 aliphatic rings. The summed E-state index contributed by atoms with van der Waals surface area (Å²) in [7, 11) is -0.00803. The number of esters is 1. The van der Waals surface area contributed by atoms with Gasteiger partial charge >= 0.3 is 5.97 Å². The van der Waals surface area contributed by atoms with Crippen LogP contribution < -0.4 is 4.74 Å². The molecule has 0 N–H and O–H groups in total. The lowest BCUT2D eigenvalue weighted by molar-refractivity contribution is 0.0603. The van der Waals surface area contributed by atoms with E-state index in [1.54, 1.807) is 43.4 Å². The minimum atomic E-state index is -4.36. The fourth-order valence-electron chi connectivity index (χ4n) is 5.60. The van der Waals surface area contributed by atoms with Crippen molar-refractivity contribution in [3.05, 3.63) is 94.8 Å². The number of benzene rings is 4. The molecule has 0 unspecified atom stereocenters. The molecule has 6 rings (SSSR count). The Morgan fingerprint density at radius 1 is 0.951 bits per heavy atom. The first kappa shape index (κ1) is 26.5. The summed E-state index contributed by atoms with van der Waals surface area (Å²) in [5, 5.41) is 0.374. The molecule has 1 amide bonds. The maximum Gasteiger partial charge on any atom is 0.340 e. The van der Waals surface area contributed by atoms with Gasteiger partial charge in [0, 0.05) is 29.9 Å². The number of rotatable bonds is 5. The quantitative estimate of drug-likeness (QED) is 0.257. The van der Waals surface area contributed by atoms with Crippen molar-refractivity contribution in [1.82, 2.24) is 8.87 Å². The zero-order valence-corrected chi connectivity index (χ0v) is 23.5. The molecule has 8 nitrogen and oxygen atoms in total. The highest BCUT2D eigenvalue weighted by atomic mass is 32.2. The SMILES string of the molecule is COC(=O)c1c(-c2ccc(OC)cc2)c2c(c3c4cc(F)ccc4n(S(=O)(=O)c4ccc(C)cc4)c13)C(=O)N(C)C2. The van der Waals surface area contributed by atoms with Gasteiger partial charge in [0.1, 0.15) is 11.6 Å². The average Bonchev–Trinajstić information content (AvgIpc) is 3.45. The molecule has 0 saturated heterocycles. The second-order valence-corrected chi connectivity index (χ2v) is 11.7. The number of fused-ring (bicyclic) bond motifs is 5. The summed E-state index contributed by atoms with van der Waals surface area (Å²) in [5.41, 5.74) is 2.56. The van der Waals surface area contributed by atoms with Crippen LogP contribution in [0.25, 0.3) is 32.9 Å². The number of carbonyl (C=O) groups is 2. The minimum Gasteiger partial charge on any atom is -0.497 e. The Balaban J connectivity index is 1.89. The molecule has 0 radical (unpaired) electrons. The summed E-state index contributed by atoms with van der Waals surface area (Å²) < 4.78 is 55.0. The number of methoxy groups -OCH3 is 2. The number of nitrogens with zero attached hydrogens (tertiary/aromatic N) is 2. The monoisotopic (exact) mass is 572 g/mol. The van der Waals surface area contributed by atoms with Crippen LogP contribution in [0.2, 0.25) is 0 Å². The van der Waals surface area contributed by atoms with Crippen LogP contribution >= 0.6 is 0 Å². The molecule has 1 aliphatic heterocycles. The van der Waals surface area contributed by atoms with E-state index in [0.29, 0.717) is 22.4 Å². The number of carbonyl (C=O) groups excluding carboxylic acids is 2. The Kier molecular flexibility index (Phi) is 6.11. The van der Waals surface area contributed by atoms with Gasteiger partial charge in [0.15, 0.2) is 0 Å². The second kappa shape index (κ2) is 9.45. The molecule has 4 aromatic carbocycles. The third-order valence-corrected chi connectivity index (χ3v) is 9.24. The average molecular weight is 573 g/mol. The van der Waals surface area contributed by atoms with E-state index in [1.807, 2.05) is 6.92 Å². The van der Waals surface area contributed by atoms with Gasteiger partial charge in [-0.1, -0.05) is 29.8 Å². The number of hydrogen-bond acceptors (Lipinski definition) is 6. The highest BCUT2D eigenvalue weighted by Crippen LogP contribution is 2.46. The van der Waals surface area contributed by atoms with Gasteiger partial charge in [0.2, 0.25) is 0 Å². The molecule has 0 atom stereocenters. The largest absolute Gasteiger partial charge is 0.497 e. The van der Waals surface area contributed by atoms with Gasteiger partial charge in [-0.3, -0.25) is 4.79 Å². The molecule has 2 heterocycles. The Hall–Kier alpha value is -4.70. The van der Waals surface area contributed by atoms with Crippen molar-refractivity contribution >= 4 is 43.7 Å². The molecule has 0 spiro atoms. The number of halogens is 1. The van der Waals surface area contributed by atoms with E-state index >= 15 is 0 Å². The van der Waals surface area contributed by atoms with Crippen LogP contribution in [-0.2, 0) is 21.3 Å². The predicted molar refractivity (Wildman–Crippen MR) is 152 cm³/mol. The van der Waals surface area contributed by atoms with Crippen LogP contribution in [0.3, 0.4) is 0 Å². The maximum atomic E-state index is 14.7. The molecular formula is C31H25FN2O6S. The standard InChI is InChI=1S/C31H25FN2O6S/c1-17-5-12-21(13-6-17)41(37,38)34-24-14-9-19(32)15-22(24)26-27-23(16-33(2)30(27)35)25(28(29(26)34)31(36)40-4)18-7-10-20(39-3)11-8-18/h5-15H,16H2,1-4H3. The Bertz CT molecular complexity index is 2010. The summed E-state index contributed by atoms with van der Waals surface area (Å²) in [4.78, 5) is 28.8. The third-order valence-electron chi connectivity index (χ3n) is 7.51. The van der Waals surface area contributed by atoms with E-state index in [9.17, 15) is 22.4 Å². The molecule has 1 aromatic heterocycles. The van der Waals surface area contributed by atoms with Gasteiger partial charge in [-0.2, -0.15) is 0 Å². The molecule has 10 heteroatoms. The molecule has 5 aromatic rings. The van der Waals surface area contributed by atoms with Gasteiger partial charge in [-0.05, 0) is 60.5 Å². The van der Waals surface area contributed by atoms with Crippen LogP contribution in [0.1, 0.15) is 31.8 Å². The van der Waals surface area contributed by atoms with Gasteiger partial charge in [-0.15, -0.1) is 0 Å². The summed E-state index contributed by atoms with van der Waals surface area (Å²) in [6, 6.07) is 16.9. The molecule has 0 fully saturated rings. The highest BCUT2D eigenvalue weighted by molar-refractivity contribution is 7.90. The lowest BCUT2D eigenvalue weighted by Crippen LogP contribution is -2.18. The smallest absolute Gasteiger partial charge is 0.340 e. The first-order valence-electron chi connectivity index (χ1n) is 12.7. The van der Waals surface area contributed by atoms with E-state index < -0.39 is 21.8 Å². The van der Waals surface area contributed by atoms with Crippen LogP contribution in [0.5, 0.6) is 5.75 Å². The fourth-order valence-corrected chi connectivity index (χ4v) is 7.13. The molecule has 41 heavy (non-hydrogen) atoms. The second-order valence-electron chi connectivity index (χ2n) is 9.95. The van der Waals surface area contributed by atoms with Gasteiger partial charge in [-0.25, -0.2) is 21.6 Å². The van der Waals surface area contributed by atoms with E-state index in [-0.39, 0.29) is 50.3 Å². The zero-order valence-electron chi connectivity index (χ0n) is 22.7. The first-order chi connectivity index (χ1) is 19.6. The molecule has 0 bridgehead atoms. The summed E-state index contributed by atoms with van der Waals surface area (Å²) in [5.74, 6) is -1.21. The van der Waals surface area contributed by atoms with Crippen LogP contribution in [-0.4, -0.2) is 50.4 Å². The molecule has 0 saturated carbocycles. The van der Waals surface area contributed by atoms with Crippen molar-refractivity contribution in [3.63, 3.8) is 0 Å². The van der Waals surface area contributed by atoms with E-state index in [2.05, 4.69) is 0 Å². The van der Waals surface area contributed by atoms with Gasteiger partial charge in [0.25, 0.3) is 15.9 Å². The molecule has 208 valence electrons. The van der Waals surface area contributed by atoms with Crippen LogP contribution in [0, 0.1) is 12.7 Å². The van der Waals surface area contributed by atoms with Crippen molar-refractivity contribution in [1.29, 1.82) is 0 Å². The van der Waals surface area contributed by atoms with Crippen molar-refractivity contribution < 1.29 is 31.9 Å². The fraction of sp³-hybridized carbons (Fsp3) is 0.161. The van der Waals surface area contributed by atoms with Crippen molar-refractivity contribution in [2.75, 3.05) is 21.3 Å². The number of aromatic nitrogens is 1. The van der Waals surface area contributed by atoms with Crippen LogP contribution in [0.4, 0.5) is 4.39 Å². The Labute approximate surface area is 235 Å². The molecule has 0 aliphatic carbocycles. The number of amides is 1. The number of hydrogen-bond donors (Lipinski definition) is 0. The van der Waals surface area contributed by atoms with Crippen molar-refractivity contribution in [3.8, 4) is 16.9 Å². The van der Waals surface area contributed by atoms with Gasteiger partial charge in [0.05, 0.1) is 41.3 Å². The van der Waals surface area contributed by atoms with Crippen LogP contribution in [0.15, 0.2) is 71.6 Å². The maximum absolute atomic E-state index is 14.7. The minimum absolute atomic E-state index is 0.0306. The first-order valence-corrected chi connectivity index (χ1v) is 14.2. The summed E-state index contributed by atoms with van der Waals surface area (Å²) in [6.45, 7) is 1.99. The Morgan fingerprint density at radius 2 is 1.63 bits per heavy atom. The zero-order chi connectivity index (χ0) is 29.2. The van der Waals surface area contributed by atoms with E-state index in [0.717, 1.165) is 15.6 Å². The summed E-state index contributed by atoms with van der Waals surface area (Å²) in [6.07, 6.45) is 0. The van der Waals surface area contributed by atoms with E-state index in [1.165, 1.54) is 43.4 Å². The third kappa shape index (κ3) is 3.89. The lowest BCUT2D eigenvalue weighted by atomic mass is 9.88. The lowest BCUT2D eigenvalue weighted by Gasteiger charge is -2.18. The van der Waals surface area contributed by atoms with E-state index in [4.69, 9.17) is 9.47 Å². The number of aryl methyl sites for hydroxylation is 1. The predicted octanol–water partition coefficient (Wildman–Crippen LogP) is 5.53. The normalized spacial score (nSPS) is 13.2.